The summed E-state index contributed by atoms with van der Waals surface area (Å²) in [4.78, 5) is 9.11. The number of rotatable bonds is 5. The minimum Gasteiger partial charge on any atom is -0.361 e. The Morgan fingerprint density at radius 2 is 1.84 bits per heavy atom. The average molecular weight is 331 g/mol. The largest absolute Gasteiger partial charge is 0.361 e. The highest BCUT2D eigenvalue weighted by Crippen LogP contribution is 2.23. The zero-order chi connectivity index (χ0) is 17.1. The molecule has 4 aromatic rings. The summed E-state index contributed by atoms with van der Waals surface area (Å²) in [7, 11) is 0. The van der Waals surface area contributed by atoms with Gasteiger partial charge in [-0.25, -0.2) is 9.97 Å². The number of benzene rings is 1. The van der Waals surface area contributed by atoms with Gasteiger partial charge in [0.25, 0.3) is 0 Å². The van der Waals surface area contributed by atoms with Crippen molar-refractivity contribution in [1.82, 2.24) is 24.9 Å². The Labute approximate surface area is 145 Å². The molecule has 0 N–H and O–H groups in total. The van der Waals surface area contributed by atoms with Crippen LogP contribution >= 0.6 is 0 Å². The smallest absolute Gasteiger partial charge is 0.170 e. The fourth-order valence-electron chi connectivity index (χ4n) is 2.69. The number of hydrogen-bond donors (Lipinski definition) is 0. The molecule has 0 aliphatic rings. The topological polar surface area (TPSA) is 69.6 Å². The van der Waals surface area contributed by atoms with E-state index in [2.05, 4.69) is 27.4 Å². The second-order valence-corrected chi connectivity index (χ2v) is 5.73. The fourth-order valence-corrected chi connectivity index (χ4v) is 2.69. The third-order valence-electron chi connectivity index (χ3n) is 3.99. The van der Waals surface area contributed by atoms with E-state index in [9.17, 15) is 0 Å². The molecule has 6 nitrogen and oxygen atoms in total. The molecule has 3 heterocycles. The molecular formula is C19H17N5O. The van der Waals surface area contributed by atoms with Gasteiger partial charge in [-0.15, -0.1) is 5.10 Å². The molecule has 0 aliphatic heterocycles. The normalized spacial score (nSPS) is 10.9. The summed E-state index contributed by atoms with van der Waals surface area (Å²) >= 11 is 0. The van der Waals surface area contributed by atoms with Gasteiger partial charge >= 0.3 is 0 Å². The minimum atomic E-state index is 0.695. The first kappa shape index (κ1) is 15.3. The van der Waals surface area contributed by atoms with Gasteiger partial charge in [-0.1, -0.05) is 41.6 Å². The van der Waals surface area contributed by atoms with Crippen molar-refractivity contribution in [3.63, 3.8) is 0 Å². The molecular weight excluding hydrogens is 314 g/mol. The lowest BCUT2D eigenvalue weighted by Gasteiger charge is -2.02. The van der Waals surface area contributed by atoms with Crippen LogP contribution in [0.3, 0.4) is 0 Å². The van der Waals surface area contributed by atoms with Gasteiger partial charge < -0.3 is 4.52 Å². The third kappa shape index (κ3) is 3.19. The second-order valence-electron chi connectivity index (χ2n) is 5.73. The molecule has 25 heavy (non-hydrogen) atoms. The van der Waals surface area contributed by atoms with Crippen LogP contribution in [0.5, 0.6) is 0 Å². The van der Waals surface area contributed by atoms with E-state index in [0.717, 1.165) is 30.0 Å². The Bertz CT molecular complexity index is 960. The van der Waals surface area contributed by atoms with Crippen LogP contribution in [-0.4, -0.2) is 24.9 Å². The number of hydrogen-bond acceptors (Lipinski definition) is 5. The van der Waals surface area contributed by atoms with Crippen LogP contribution < -0.4 is 0 Å². The Morgan fingerprint density at radius 1 is 1.00 bits per heavy atom. The molecule has 0 atom stereocenters. The highest BCUT2D eigenvalue weighted by molar-refractivity contribution is 5.58. The molecule has 4 rings (SSSR count). The molecule has 0 unspecified atom stereocenters. The van der Waals surface area contributed by atoms with Gasteiger partial charge in [0.1, 0.15) is 5.76 Å². The molecule has 0 aliphatic carbocycles. The first-order chi connectivity index (χ1) is 12.3. The predicted octanol–water partition coefficient (Wildman–Crippen LogP) is 3.41. The van der Waals surface area contributed by atoms with Crippen molar-refractivity contribution < 1.29 is 4.52 Å². The SMILES string of the molecule is Cc1oncc1-c1nc(CCc2ccccc2)nn1-c1ccccn1. The highest BCUT2D eigenvalue weighted by Gasteiger charge is 2.18. The summed E-state index contributed by atoms with van der Waals surface area (Å²) in [6, 6.07) is 16.0. The molecule has 0 radical (unpaired) electrons. The number of aryl methyl sites for hydroxylation is 3. The third-order valence-corrected chi connectivity index (χ3v) is 3.99. The zero-order valence-electron chi connectivity index (χ0n) is 13.8. The molecule has 0 spiro atoms. The molecule has 124 valence electrons. The average Bonchev–Trinajstić information content (AvgIpc) is 3.27. The Kier molecular flexibility index (Phi) is 4.08. The summed E-state index contributed by atoms with van der Waals surface area (Å²) in [6.45, 7) is 1.86. The standard InChI is InChI=1S/C19H17N5O/c1-14-16(13-21-25-14)19-22-17(11-10-15-7-3-2-4-8-15)23-24(19)18-9-5-6-12-20-18/h2-9,12-13H,10-11H2,1H3. The number of nitrogens with zero attached hydrogens (tertiary/aromatic N) is 5. The van der Waals surface area contributed by atoms with Gasteiger partial charge in [0.05, 0.1) is 11.8 Å². The number of pyridine rings is 1. The summed E-state index contributed by atoms with van der Waals surface area (Å²) in [5.41, 5.74) is 2.09. The monoisotopic (exact) mass is 331 g/mol. The Morgan fingerprint density at radius 3 is 2.56 bits per heavy atom. The van der Waals surface area contributed by atoms with Crippen molar-refractivity contribution in [3.05, 3.63) is 78.1 Å². The van der Waals surface area contributed by atoms with Gasteiger partial charge in [-0.05, 0) is 31.0 Å². The maximum Gasteiger partial charge on any atom is 0.170 e. The lowest BCUT2D eigenvalue weighted by atomic mass is 10.1. The summed E-state index contributed by atoms with van der Waals surface area (Å²) in [5.74, 6) is 2.89. The molecule has 0 saturated heterocycles. The molecule has 0 fully saturated rings. The fraction of sp³-hybridized carbons (Fsp3) is 0.158. The van der Waals surface area contributed by atoms with Crippen molar-refractivity contribution >= 4 is 0 Å². The van der Waals surface area contributed by atoms with Crippen LogP contribution in [0.4, 0.5) is 0 Å². The van der Waals surface area contributed by atoms with E-state index in [4.69, 9.17) is 9.51 Å². The van der Waals surface area contributed by atoms with Gasteiger partial charge in [-0.3, -0.25) is 0 Å². The van der Waals surface area contributed by atoms with E-state index >= 15 is 0 Å². The van der Waals surface area contributed by atoms with Crippen molar-refractivity contribution in [1.29, 1.82) is 0 Å². The van der Waals surface area contributed by atoms with Crippen molar-refractivity contribution in [3.8, 4) is 17.2 Å². The first-order valence-corrected chi connectivity index (χ1v) is 8.14. The van der Waals surface area contributed by atoms with Gasteiger partial charge in [0.15, 0.2) is 17.5 Å². The van der Waals surface area contributed by atoms with Crippen LogP contribution in [0.15, 0.2) is 65.4 Å². The van der Waals surface area contributed by atoms with Crippen molar-refractivity contribution in [2.75, 3.05) is 0 Å². The molecule has 1 aromatic carbocycles. The van der Waals surface area contributed by atoms with Crippen LogP contribution in [0.1, 0.15) is 17.1 Å². The number of aromatic nitrogens is 5. The van der Waals surface area contributed by atoms with E-state index in [1.807, 2.05) is 43.3 Å². The van der Waals surface area contributed by atoms with E-state index in [-0.39, 0.29) is 0 Å². The summed E-state index contributed by atoms with van der Waals surface area (Å²) < 4.78 is 6.95. The molecule has 0 bridgehead atoms. The first-order valence-electron chi connectivity index (χ1n) is 8.14. The van der Waals surface area contributed by atoms with E-state index in [0.29, 0.717) is 11.6 Å². The zero-order valence-corrected chi connectivity index (χ0v) is 13.8. The lowest BCUT2D eigenvalue weighted by Crippen LogP contribution is -2.02. The second kappa shape index (κ2) is 6.68. The molecule has 0 saturated carbocycles. The predicted molar refractivity (Wildman–Crippen MR) is 93.2 cm³/mol. The van der Waals surface area contributed by atoms with Crippen LogP contribution in [0, 0.1) is 6.92 Å². The van der Waals surface area contributed by atoms with Gasteiger partial charge in [-0.2, -0.15) is 4.68 Å². The van der Waals surface area contributed by atoms with Crippen molar-refractivity contribution in [2.24, 2.45) is 0 Å². The summed E-state index contributed by atoms with van der Waals surface area (Å²) in [5, 5.41) is 8.53. The van der Waals surface area contributed by atoms with Crippen LogP contribution in [0.25, 0.3) is 17.2 Å². The maximum atomic E-state index is 5.20. The molecule has 3 aromatic heterocycles. The highest BCUT2D eigenvalue weighted by atomic mass is 16.5. The van der Waals surface area contributed by atoms with Gasteiger partial charge in [0, 0.05) is 12.6 Å². The van der Waals surface area contributed by atoms with Gasteiger partial charge in [0.2, 0.25) is 0 Å². The van der Waals surface area contributed by atoms with Crippen LogP contribution in [0.2, 0.25) is 0 Å². The molecule has 0 amide bonds. The molecule has 6 heteroatoms. The van der Waals surface area contributed by atoms with Crippen molar-refractivity contribution in [2.45, 2.75) is 19.8 Å². The maximum absolute atomic E-state index is 5.20. The lowest BCUT2D eigenvalue weighted by molar-refractivity contribution is 0.398. The van der Waals surface area contributed by atoms with E-state index in [1.54, 1.807) is 17.1 Å². The van der Waals surface area contributed by atoms with E-state index < -0.39 is 0 Å². The Balaban J connectivity index is 1.70. The van der Waals surface area contributed by atoms with E-state index in [1.165, 1.54) is 5.56 Å². The minimum absolute atomic E-state index is 0.695. The van der Waals surface area contributed by atoms with Crippen LogP contribution in [-0.2, 0) is 12.8 Å². The Hall–Kier alpha value is -3.28. The summed E-state index contributed by atoms with van der Waals surface area (Å²) in [6.07, 6.45) is 5.04. The quantitative estimate of drug-likeness (QED) is 0.560.